The summed E-state index contributed by atoms with van der Waals surface area (Å²) in [6.07, 6.45) is 8.01. The molecule has 2 rings (SSSR count). The number of aromatic nitrogens is 2. The van der Waals surface area contributed by atoms with Crippen molar-refractivity contribution in [2.24, 2.45) is 11.7 Å². The molecule has 1 heterocycles. The molecule has 1 fully saturated rings. The molecule has 18 heavy (non-hydrogen) atoms. The Morgan fingerprint density at radius 1 is 1.28 bits per heavy atom. The Hall–Kier alpha value is -1.36. The molecule has 1 aromatic heterocycles. The van der Waals surface area contributed by atoms with E-state index in [1.165, 1.54) is 12.8 Å². The molecule has 0 spiro atoms. The minimum Gasteiger partial charge on any atom is -0.477 e. The van der Waals surface area contributed by atoms with E-state index in [1.54, 1.807) is 12.4 Å². The van der Waals surface area contributed by atoms with Crippen LogP contribution >= 0.6 is 0 Å². The van der Waals surface area contributed by atoms with Gasteiger partial charge in [-0.3, -0.25) is 4.98 Å². The summed E-state index contributed by atoms with van der Waals surface area (Å²) in [4.78, 5) is 8.35. The fourth-order valence-electron chi connectivity index (χ4n) is 2.36. The Morgan fingerprint density at radius 3 is 2.83 bits per heavy atom. The predicted octanol–water partition coefficient (Wildman–Crippen LogP) is 1.77. The molecule has 100 valence electrons. The van der Waals surface area contributed by atoms with Crippen molar-refractivity contribution < 1.29 is 9.47 Å². The molecule has 1 saturated carbocycles. The molecule has 2 unspecified atom stereocenters. The SMILES string of the molecule is CCOc1cncc(OC2CCCCC2CN)n1. The van der Waals surface area contributed by atoms with Crippen molar-refractivity contribution >= 4 is 0 Å². The van der Waals surface area contributed by atoms with E-state index in [0.29, 0.717) is 30.8 Å². The van der Waals surface area contributed by atoms with Crippen LogP contribution in [-0.2, 0) is 0 Å². The molecule has 5 nitrogen and oxygen atoms in total. The van der Waals surface area contributed by atoms with Gasteiger partial charge >= 0.3 is 0 Å². The summed E-state index contributed by atoms with van der Waals surface area (Å²) >= 11 is 0. The molecule has 0 aromatic carbocycles. The summed E-state index contributed by atoms with van der Waals surface area (Å²) in [6, 6.07) is 0. The summed E-state index contributed by atoms with van der Waals surface area (Å²) in [5, 5.41) is 0. The molecule has 2 N–H and O–H groups in total. The van der Waals surface area contributed by atoms with Crippen LogP contribution in [0.15, 0.2) is 12.4 Å². The third kappa shape index (κ3) is 3.32. The molecule has 0 saturated heterocycles. The van der Waals surface area contributed by atoms with Gasteiger partial charge in [0.2, 0.25) is 11.8 Å². The van der Waals surface area contributed by atoms with E-state index < -0.39 is 0 Å². The Bertz CT molecular complexity index is 373. The highest BCUT2D eigenvalue weighted by Crippen LogP contribution is 2.27. The fourth-order valence-corrected chi connectivity index (χ4v) is 2.36. The smallest absolute Gasteiger partial charge is 0.235 e. The van der Waals surface area contributed by atoms with Crippen molar-refractivity contribution in [2.45, 2.75) is 38.7 Å². The third-order valence-corrected chi connectivity index (χ3v) is 3.30. The van der Waals surface area contributed by atoms with E-state index in [1.807, 2.05) is 6.92 Å². The van der Waals surface area contributed by atoms with Crippen molar-refractivity contribution in [3.8, 4) is 11.8 Å². The number of hydrogen-bond donors (Lipinski definition) is 1. The van der Waals surface area contributed by atoms with Crippen LogP contribution < -0.4 is 15.2 Å². The van der Waals surface area contributed by atoms with Gasteiger partial charge in [-0.15, -0.1) is 0 Å². The Labute approximate surface area is 108 Å². The van der Waals surface area contributed by atoms with E-state index >= 15 is 0 Å². The quantitative estimate of drug-likeness (QED) is 0.863. The van der Waals surface area contributed by atoms with Gasteiger partial charge in [0.25, 0.3) is 0 Å². The maximum Gasteiger partial charge on any atom is 0.235 e. The van der Waals surface area contributed by atoms with E-state index in [-0.39, 0.29) is 6.10 Å². The zero-order valence-electron chi connectivity index (χ0n) is 10.8. The topological polar surface area (TPSA) is 70.3 Å². The monoisotopic (exact) mass is 251 g/mol. The number of rotatable bonds is 5. The third-order valence-electron chi connectivity index (χ3n) is 3.30. The summed E-state index contributed by atoms with van der Waals surface area (Å²) in [7, 11) is 0. The first-order valence-corrected chi connectivity index (χ1v) is 6.65. The van der Waals surface area contributed by atoms with Crippen molar-refractivity contribution in [1.82, 2.24) is 9.97 Å². The van der Waals surface area contributed by atoms with Gasteiger partial charge in [-0.05, 0) is 32.7 Å². The molecule has 1 aliphatic rings. The summed E-state index contributed by atoms with van der Waals surface area (Å²) in [5.74, 6) is 1.47. The minimum atomic E-state index is 0.162. The van der Waals surface area contributed by atoms with Gasteiger partial charge in [0.05, 0.1) is 19.0 Å². The summed E-state index contributed by atoms with van der Waals surface area (Å²) in [5.41, 5.74) is 5.78. The lowest BCUT2D eigenvalue weighted by molar-refractivity contribution is 0.0909. The molecule has 0 radical (unpaired) electrons. The highest BCUT2D eigenvalue weighted by Gasteiger charge is 2.26. The lowest BCUT2D eigenvalue weighted by Gasteiger charge is -2.30. The highest BCUT2D eigenvalue weighted by molar-refractivity contribution is 5.13. The van der Waals surface area contributed by atoms with Crippen LogP contribution in [0.2, 0.25) is 0 Å². The molecule has 1 aliphatic carbocycles. The first kappa shape index (κ1) is 13.1. The number of ether oxygens (including phenoxy) is 2. The van der Waals surface area contributed by atoms with Crippen LogP contribution in [0.5, 0.6) is 11.8 Å². The second kappa shape index (κ2) is 6.54. The second-order valence-corrected chi connectivity index (χ2v) is 4.57. The van der Waals surface area contributed by atoms with E-state index in [0.717, 1.165) is 12.8 Å². The van der Waals surface area contributed by atoms with Crippen LogP contribution in [0.25, 0.3) is 0 Å². The van der Waals surface area contributed by atoms with Gasteiger partial charge in [-0.2, -0.15) is 4.98 Å². The molecule has 0 aliphatic heterocycles. The van der Waals surface area contributed by atoms with Crippen LogP contribution in [-0.4, -0.2) is 29.2 Å². The molecule has 5 heteroatoms. The highest BCUT2D eigenvalue weighted by atomic mass is 16.5. The fraction of sp³-hybridized carbons (Fsp3) is 0.692. The molecule has 2 atom stereocenters. The Kier molecular flexibility index (Phi) is 4.75. The van der Waals surface area contributed by atoms with Crippen molar-refractivity contribution in [2.75, 3.05) is 13.2 Å². The number of nitrogens with zero attached hydrogens (tertiary/aromatic N) is 2. The molecule has 1 aromatic rings. The van der Waals surface area contributed by atoms with Crippen LogP contribution in [0.1, 0.15) is 32.6 Å². The normalized spacial score (nSPS) is 23.7. The molecule has 0 amide bonds. The van der Waals surface area contributed by atoms with Crippen LogP contribution in [0, 0.1) is 5.92 Å². The van der Waals surface area contributed by atoms with Gasteiger partial charge in [0.15, 0.2) is 0 Å². The average Bonchev–Trinajstić information content (AvgIpc) is 2.40. The lowest BCUT2D eigenvalue weighted by atomic mass is 9.86. The average molecular weight is 251 g/mol. The van der Waals surface area contributed by atoms with E-state index in [4.69, 9.17) is 15.2 Å². The molecular weight excluding hydrogens is 230 g/mol. The van der Waals surface area contributed by atoms with Crippen molar-refractivity contribution in [1.29, 1.82) is 0 Å². The largest absolute Gasteiger partial charge is 0.477 e. The molecule has 0 bridgehead atoms. The first-order valence-electron chi connectivity index (χ1n) is 6.65. The van der Waals surface area contributed by atoms with Crippen LogP contribution in [0.4, 0.5) is 0 Å². The maximum atomic E-state index is 5.91. The molecular formula is C13H21N3O2. The van der Waals surface area contributed by atoms with Crippen LogP contribution in [0.3, 0.4) is 0 Å². The predicted molar refractivity (Wildman–Crippen MR) is 68.6 cm³/mol. The second-order valence-electron chi connectivity index (χ2n) is 4.57. The van der Waals surface area contributed by atoms with Gasteiger partial charge in [-0.1, -0.05) is 6.42 Å². The zero-order chi connectivity index (χ0) is 12.8. The zero-order valence-corrected chi connectivity index (χ0v) is 10.8. The van der Waals surface area contributed by atoms with Crippen molar-refractivity contribution in [3.05, 3.63) is 12.4 Å². The van der Waals surface area contributed by atoms with Gasteiger partial charge in [0, 0.05) is 5.92 Å². The van der Waals surface area contributed by atoms with Gasteiger partial charge in [0.1, 0.15) is 6.10 Å². The number of nitrogens with two attached hydrogens (primary N) is 1. The van der Waals surface area contributed by atoms with Gasteiger partial charge in [-0.25, -0.2) is 0 Å². The summed E-state index contributed by atoms with van der Waals surface area (Å²) in [6.45, 7) is 3.16. The van der Waals surface area contributed by atoms with E-state index in [2.05, 4.69) is 9.97 Å². The Balaban J connectivity index is 2.00. The summed E-state index contributed by atoms with van der Waals surface area (Å²) < 4.78 is 11.2. The van der Waals surface area contributed by atoms with Gasteiger partial charge < -0.3 is 15.2 Å². The standard InChI is InChI=1S/C13H21N3O2/c1-2-17-12-8-15-9-13(16-12)18-11-6-4-3-5-10(11)7-14/h8-11H,2-7,14H2,1H3. The Morgan fingerprint density at radius 2 is 2.06 bits per heavy atom. The minimum absolute atomic E-state index is 0.162. The number of hydrogen-bond acceptors (Lipinski definition) is 5. The van der Waals surface area contributed by atoms with Crippen molar-refractivity contribution in [3.63, 3.8) is 0 Å². The van der Waals surface area contributed by atoms with E-state index in [9.17, 15) is 0 Å². The maximum absolute atomic E-state index is 5.91. The first-order chi connectivity index (χ1) is 8.83. The lowest BCUT2D eigenvalue weighted by Crippen LogP contribution is -2.35.